The summed E-state index contributed by atoms with van der Waals surface area (Å²) in [5, 5.41) is 6.59. The molecule has 0 aliphatic carbocycles. The lowest BCUT2D eigenvalue weighted by molar-refractivity contribution is -0.118. The van der Waals surface area contributed by atoms with Crippen molar-refractivity contribution in [3.05, 3.63) is 58.9 Å². The molecule has 0 fully saturated rings. The molecule has 4 aromatic rings. The molecule has 0 aliphatic rings. The van der Waals surface area contributed by atoms with Crippen molar-refractivity contribution in [2.45, 2.75) is 0 Å². The minimum absolute atomic E-state index is 0.0995. The molecule has 4 rings (SSSR count). The number of amides is 1. The number of hydrogen-bond acceptors (Lipinski definition) is 6. The highest BCUT2D eigenvalue weighted by Crippen LogP contribution is 2.31. The van der Waals surface area contributed by atoms with Crippen molar-refractivity contribution in [1.82, 2.24) is 9.97 Å². The number of nitrogens with one attached hydrogen (secondary N) is 1. The van der Waals surface area contributed by atoms with Crippen molar-refractivity contribution in [3.63, 3.8) is 0 Å². The first kappa shape index (κ1) is 17.0. The average molecular weight is 402 g/mol. The van der Waals surface area contributed by atoms with E-state index in [4.69, 9.17) is 16.3 Å². The van der Waals surface area contributed by atoms with Crippen LogP contribution < -0.4 is 10.1 Å². The van der Waals surface area contributed by atoms with E-state index < -0.39 is 0 Å². The van der Waals surface area contributed by atoms with Crippen LogP contribution in [0.3, 0.4) is 0 Å². The number of carbonyl (C=O) groups is 1. The molecule has 0 radical (unpaired) electrons. The van der Waals surface area contributed by atoms with Gasteiger partial charge >= 0.3 is 0 Å². The SMILES string of the molecule is O=C(COc1ccc(Cl)cc1)Nc1nc(-c2nc3ccccc3s2)cs1. The molecule has 8 heteroatoms. The molecular weight excluding hydrogens is 390 g/mol. The van der Waals surface area contributed by atoms with Crippen molar-refractivity contribution in [2.24, 2.45) is 0 Å². The molecule has 0 aliphatic heterocycles. The van der Waals surface area contributed by atoms with Gasteiger partial charge in [-0.05, 0) is 36.4 Å². The van der Waals surface area contributed by atoms with Gasteiger partial charge in [0.15, 0.2) is 11.7 Å². The first-order valence-electron chi connectivity index (χ1n) is 7.67. The zero-order chi connectivity index (χ0) is 17.9. The van der Waals surface area contributed by atoms with Crippen molar-refractivity contribution >= 4 is 55.5 Å². The van der Waals surface area contributed by atoms with Gasteiger partial charge in [0.2, 0.25) is 0 Å². The van der Waals surface area contributed by atoms with Gasteiger partial charge in [0.1, 0.15) is 16.5 Å². The Kier molecular flexibility index (Phi) is 4.83. The van der Waals surface area contributed by atoms with E-state index in [1.165, 1.54) is 11.3 Å². The van der Waals surface area contributed by atoms with Crippen LogP contribution in [0.5, 0.6) is 5.75 Å². The van der Waals surface area contributed by atoms with Gasteiger partial charge in [-0.25, -0.2) is 9.97 Å². The maximum Gasteiger partial charge on any atom is 0.264 e. The number of fused-ring (bicyclic) bond motifs is 1. The van der Waals surface area contributed by atoms with Crippen LogP contribution in [0.4, 0.5) is 5.13 Å². The molecule has 0 bridgehead atoms. The third-order valence-electron chi connectivity index (χ3n) is 3.45. The molecule has 1 N–H and O–H groups in total. The summed E-state index contributed by atoms with van der Waals surface area (Å²) < 4.78 is 6.53. The lowest BCUT2D eigenvalue weighted by Gasteiger charge is -2.05. The Morgan fingerprint density at radius 2 is 1.92 bits per heavy atom. The summed E-state index contributed by atoms with van der Waals surface area (Å²) in [4.78, 5) is 21.0. The van der Waals surface area contributed by atoms with Gasteiger partial charge in [0, 0.05) is 10.4 Å². The van der Waals surface area contributed by atoms with Gasteiger partial charge in [-0.15, -0.1) is 22.7 Å². The lowest BCUT2D eigenvalue weighted by atomic mass is 10.3. The first-order valence-corrected chi connectivity index (χ1v) is 9.74. The Hall–Kier alpha value is -2.48. The van der Waals surface area contributed by atoms with Gasteiger partial charge in [-0.1, -0.05) is 23.7 Å². The van der Waals surface area contributed by atoms with Crippen molar-refractivity contribution in [1.29, 1.82) is 0 Å². The summed E-state index contributed by atoms with van der Waals surface area (Å²) in [5.41, 5.74) is 1.70. The minimum atomic E-state index is -0.273. The van der Waals surface area contributed by atoms with Crippen LogP contribution >= 0.6 is 34.3 Å². The first-order chi connectivity index (χ1) is 12.7. The third kappa shape index (κ3) is 3.85. The minimum Gasteiger partial charge on any atom is -0.484 e. The van der Waals surface area contributed by atoms with Crippen LogP contribution in [0.15, 0.2) is 53.9 Å². The molecule has 26 heavy (non-hydrogen) atoms. The second kappa shape index (κ2) is 7.41. The Labute approximate surface area is 162 Å². The molecule has 2 heterocycles. The van der Waals surface area contributed by atoms with Gasteiger partial charge in [-0.2, -0.15) is 0 Å². The predicted molar refractivity (Wildman–Crippen MR) is 106 cm³/mol. The fourth-order valence-electron chi connectivity index (χ4n) is 2.25. The van der Waals surface area contributed by atoms with Crippen molar-refractivity contribution in [2.75, 3.05) is 11.9 Å². The van der Waals surface area contributed by atoms with Crippen LogP contribution in [0.2, 0.25) is 5.02 Å². The van der Waals surface area contributed by atoms with Crippen LogP contribution in [-0.4, -0.2) is 22.5 Å². The Morgan fingerprint density at radius 3 is 2.73 bits per heavy atom. The fraction of sp³-hybridized carbons (Fsp3) is 0.0556. The highest BCUT2D eigenvalue weighted by molar-refractivity contribution is 7.22. The molecule has 0 atom stereocenters. The molecule has 2 aromatic carbocycles. The van der Waals surface area contributed by atoms with E-state index in [0.29, 0.717) is 15.9 Å². The van der Waals surface area contributed by atoms with Crippen LogP contribution in [0, 0.1) is 0 Å². The largest absolute Gasteiger partial charge is 0.484 e. The number of anilines is 1. The average Bonchev–Trinajstić information content (AvgIpc) is 3.27. The summed E-state index contributed by atoms with van der Waals surface area (Å²) in [6.45, 7) is -0.0995. The smallest absolute Gasteiger partial charge is 0.264 e. The van der Waals surface area contributed by atoms with E-state index in [1.54, 1.807) is 35.6 Å². The fourth-order valence-corrected chi connectivity index (χ4v) is 4.08. The van der Waals surface area contributed by atoms with E-state index in [9.17, 15) is 4.79 Å². The second-order valence-electron chi connectivity index (χ2n) is 5.32. The van der Waals surface area contributed by atoms with Crippen LogP contribution in [0.1, 0.15) is 0 Å². The number of para-hydroxylation sites is 1. The van der Waals surface area contributed by atoms with E-state index in [0.717, 1.165) is 20.9 Å². The van der Waals surface area contributed by atoms with Crippen molar-refractivity contribution in [3.8, 4) is 16.5 Å². The van der Waals surface area contributed by atoms with Crippen molar-refractivity contribution < 1.29 is 9.53 Å². The Bertz CT molecular complexity index is 1030. The number of rotatable bonds is 5. The zero-order valence-corrected chi connectivity index (χ0v) is 15.7. The topological polar surface area (TPSA) is 64.1 Å². The molecule has 130 valence electrons. The second-order valence-corrected chi connectivity index (χ2v) is 7.64. The van der Waals surface area contributed by atoms with E-state index >= 15 is 0 Å². The van der Waals surface area contributed by atoms with E-state index in [1.807, 2.05) is 29.6 Å². The highest BCUT2D eigenvalue weighted by Gasteiger charge is 2.12. The van der Waals surface area contributed by atoms with Gasteiger partial charge in [0.05, 0.1) is 10.2 Å². The lowest BCUT2D eigenvalue weighted by Crippen LogP contribution is -2.20. The maximum absolute atomic E-state index is 12.0. The number of ether oxygens (including phenoxy) is 1. The molecule has 5 nitrogen and oxygen atoms in total. The molecule has 0 spiro atoms. The number of benzene rings is 2. The van der Waals surface area contributed by atoms with Gasteiger partial charge in [-0.3, -0.25) is 10.1 Å². The van der Waals surface area contributed by atoms with Crippen LogP contribution in [-0.2, 0) is 4.79 Å². The highest BCUT2D eigenvalue weighted by atomic mass is 35.5. The summed E-state index contributed by atoms with van der Waals surface area (Å²) in [6.07, 6.45) is 0. The van der Waals surface area contributed by atoms with Gasteiger partial charge < -0.3 is 4.74 Å². The standard InChI is InChI=1S/C18H12ClN3O2S2/c19-11-5-7-12(8-6-11)24-9-16(23)22-18-21-14(10-25-18)17-20-13-3-1-2-4-15(13)26-17/h1-8,10H,9H2,(H,21,22,23). The molecule has 0 saturated carbocycles. The number of thiazole rings is 2. The van der Waals surface area contributed by atoms with E-state index in [-0.39, 0.29) is 12.5 Å². The zero-order valence-electron chi connectivity index (χ0n) is 13.3. The third-order valence-corrected chi connectivity index (χ3v) is 5.52. The number of carbonyl (C=O) groups excluding carboxylic acids is 1. The molecule has 2 aromatic heterocycles. The number of halogens is 1. The Morgan fingerprint density at radius 1 is 1.12 bits per heavy atom. The Balaban J connectivity index is 1.39. The maximum atomic E-state index is 12.0. The van der Waals surface area contributed by atoms with Crippen LogP contribution in [0.25, 0.3) is 20.9 Å². The molecular formula is C18H12ClN3O2S2. The summed E-state index contributed by atoms with van der Waals surface area (Å²) in [7, 11) is 0. The number of aromatic nitrogens is 2. The summed E-state index contributed by atoms with van der Waals surface area (Å²) in [6, 6.07) is 14.8. The predicted octanol–water partition coefficient (Wildman–Crippen LogP) is 5.09. The number of nitrogens with zero attached hydrogens (tertiary/aromatic N) is 2. The van der Waals surface area contributed by atoms with Gasteiger partial charge in [0.25, 0.3) is 5.91 Å². The molecule has 0 unspecified atom stereocenters. The normalized spacial score (nSPS) is 10.8. The summed E-state index contributed by atoms with van der Waals surface area (Å²) >= 11 is 8.75. The summed E-state index contributed by atoms with van der Waals surface area (Å²) in [5.74, 6) is 0.309. The molecule has 0 saturated heterocycles. The monoisotopic (exact) mass is 401 g/mol. The number of hydrogen-bond donors (Lipinski definition) is 1. The quantitative estimate of drug-likeness (QED) is 0.505. The van der Waals surface area contributed by atoms with E-state index in [2.05, 4.69) is 15.3 Å². The molecule has 1 amide bonds.